The van der Waals surface area contributed by atoms with Crippen LogP contribution in [-0.2, 0) is 22.7 Å². The molecule has 0 aromatic heterocycles. The second-order valence-electron chi connectivity index (χ2n) is 7.93. The van der Waals surface area contributed by atoms with Crippen LogP contribution < -0.4 is 10.1 Å². The first kappa shape index (κ1) is 22.9. The molecule has 0 saturated heterocycles. The van der Waals surface area contributed by atoms with Crippen molar-refractivity contribution in [3.8, 4) is 5.75 Å². The molecule has 33 heavy (non-hydrogen) atoms. The van der Waals surface area contributed by atoms with Crippen molar-refractivity contribution in [2.24, 2.45) is 0 Å². The summed E-state index contributed by atoms with van der Waals surface area (Å²) in [5.41, 5.74) is 3.72. The highest BCUT2D eigenvalue weighted by atomic mass is 16.7. The third-order valence-electron chi connectivity index (χ3n) is 5.61. The van der Waals surface area contributed by atoms with Gasteiger partial charge >= 0.3 is 0 Å². The Morgan fingerprint density at radius 1 is 0.970 bits per heavy atom. The van der Waals surface area contributed by atoms with E-state index in [9.17, 15) is 10.2 Å². The zero-order valence-electron chi connectivity index (χ0n) is 18.6. The van der Waals surface area contributed by atoms with E-state index in [1.165, 1.54) is 0 Å². The summed E-state index contributed by atoms with van der Waals surface area (Å²) in [6, 6.07) is 25.0. The van der Waals surface area contributed by atoms with E-state index in [1.54, 1.807) is 7.11 Å². The maximum Gasteiger partial charge on any atom is 0.200 e. The van der Waals surface area contributed by atoms with Gasteiger partial charge in [0.25, 0.3) is 0 Å². The molecule has 0 aliphatic carbocycles. The fourth-order valence-electron chi connectivity index (χ4n) is 3.75. The molecule has 1 aliphatic rings. The zero-order valence-corrected chi connectivity index (χ0v) is 18.6. The molecule has 3 N–H and O–H groups in total. The molecule has 1 aliphatic heterocycles. The number of aliphatic hydroxyl groups excluding tert-OH is 2. The van der Waals surface area contributed by atoms with Crippen molar-refractivity contribution < 1.29 is 24.4 Å². The minimum absolute atomic E-state index is 0.00800. The van der Waals surface area contributed by atoms with Crippen molar-refractivity contribution in [2.75, 3.05) is 12.4 Å². The Balaban J connectivity index is 1.50. The van der Waals surface area contributed by atoms with E-state index in [-0.39, 0.29) is 12.5 Å². The standard InChI is InChI=1S/C27H29NO5/c1-31-24-13-11-21(12-14-24)22-15-25(27(30)28-23-5-3-2-4-6-23)33-26(16-22)32-18-20-9-7-19(17-29)8-10-20/h2-15,22,26-30H,16-18H2,1H3. The van der Waals surface area contributed by atoms with E-state index in [1.807, 2.05) is 84.9 Å². The highest BCUT2D eigenvalue weighted by molar-refractivity contribution is 5.44. The number of rotatable bonds is 9. The predicted molar refractivity (Wildman–Crippen MR) is 127 cm³/mol. The first-order chi connectivity index (χ1) is 16.1. The maximum atomic E-state index is 10.8. The number of hydrogen-bond donors (Lipinski definition) is 3. The number of allylic oxidation sites excluding steroid dienone is 1. The van der Waals surface area contributed by atoms with Crippen LogP contribution in [0.4, 0.5) is 5.69 Å². The van der Waals surface area contributed by atoms with Crippen LogP contribution in [0.3, 0.4) is 0 Å². The number of ether oxygens (including phenoxy) is 3. The van der Waals surface area contributed by atoms with E-state index in [2.05, 4.69) is 5.32 Å². The highest BCUT2D eigenvalue weighted by Gasteiger charge is 2.29. The topological polar surface area (TPSA) is 80.2 Å². The molecule has 0 amide bonds. The van der Waals surface area contributed by atoms with E-state index >= 15 is 0 Å². The zero-order chi connectivity index (χ0) is 23.0. The second-order valence-corrected chi connectivity index (χ2v) is 7.93. The lowest BCUT2D eigenvalue weighted by atomic mass is 9.92. The first-order valence-corrected chi connectivity index (χ1v) is 11.0. The average molecular weight is 448 g/mol. The maximum absolute atomic E-state index is 10.8. The van der Waals surface area contributed by atoms with Crippen molar-refractivity contribution in [1.82, 2.24) is 0 Å². The summed E-state index contributed by atoms with van der Waals surface area (Å²) in [5, 5.41) is 23.1. The van der Waals surface area contributed by atoms with E-state index in [4.69, 9.17) is 14.2 Å². The molecule has 0 saturated carbocycles. The van der Waals surface area contributed by atoms with Crippen molar-refractivity contribution in [2.45, 2.75) is 38.1 Å². The number of benzene rings is 3. The lowest BCUT2D eigenvalue weighted by Crippen LogP contribution is -2.32. The van der Waals surface area contributed by atoms with Gasteiger partial charge in [-0.2, -0.15) is 0 Å². The van der Waals surface area contributed by atoms with Gasteiger partial charge in [-0.1, -0.05) is 54.6 Å². The van der Waals surface area contributed by atoms with Crippen LogP contribution >= 0.6 is 0 Å². The van der Waals surface area contributed by atoms with E-state index in [0.717, 1.165) is 28.1 Å². The summed E-state index contributed by atoms with van der Waals surface area (Å²) < 4.78 is 17.4. The van der Waals surface area contributed by atoms with Crippen LogP contribution in [0.1, 0.15) is 29.0 Å². The van der Waals surface area contributed by atoms with Crippen molar-refractivity contribution in [3.05, 3.63) is 107 Å². The fraction of sp³-hybridized carbons (Fsp3) is 0.259. The van der Waals surface area contributed by atoms with Gasteiger partial charge < -0.3 is 29.7 Å². The second kappa shape index (κ2) is 11.0. The summed E-state index contributed by atoms with van der Waals surface area (Å²) in [4.78, 5) is 0. The molecular formula is C27H29NO5. The third kappa shape index (κ3) is 6.14. The van der Waals surface area contributed by atoms with Gasteiger partial charge in [0, 0.05) is 18.0 Å². The molecular weight excluding hydrogens is 418 g/mol. The number of aliphatic hydroxyl groups is 2. The lowest BCUT2D eigenvalue weighted by molar-refractivity contribution is -0.145. The van der Waals surface area contributed by atoms with Crippen LogP contribution in [-0.4, -0.2) is 29.8 Å². The Morgan fingerprint density at radius 3 is 2.33 bits per heavy atom. The molecule has 172 valence electrons. The van der Waals surface area contributed by atoms with Gasteiger partial charge in [-0.05, 0) is 47.0 Å². The van der Waals surface area contributed by atoms with Gasteiger partial charge in [0.2, 0.25) is 6.29 Å². The van der Waals surface area contributed by atoms with Crippen LogP contribution in [0.2, 0.25) is 0 Å². The predicted octanol–water partition coefficient (Wildman–Crippen LogP) is 4.55. The number of nitrogens with one attached hydrogen (secondary N) is 1. The van der Waals surface area contributed by atoms with Gasteiger partial charge in [-0.3, -0.25) is 0 Å². The summed E-state index contributed by atoms with van der Waals surface area (Å²) in [7, 11) is 1.64. The summed E-state index contributed by atoms with van der Waals surface area (Å²) in [5.74, 6) is 1.22. The largest absolute Gasteiger partial charge is 0.497 e. The molecule has 3 aromatic rings. The Hall–Kier alpha value is -3.32. The molecule has 0 spiro atoms. The Labute approximate surface area is 194 Å². The molecule has 6 nitrogen and oxygen atoms in total. The molecule has 6 heteroatoms. The van der Waals surface area contributed by atoms with Gasteiger partial charge in [0.1, 0.15) is 11.5 Å². The first-order valence-electron chi connectivity index (χ1n) is 11.0. The smallest absolute Gasteiger partial charge is 0.200 e. The highest BCUT2D eigenvalue weighted by Crippen LogP contribution is 2.34. The molecule has 3 atom stereocenters. The van der Waals surface area contributed by atoms with Gasteiger partial charge in [-0.15, -0.1) is 0 Å². The SMILES string of the molecule is COc1ccc(C2C=C(C(O)Nc3ccccc3)OC(OCc3ccc(CO)cc3)C2)cc1. The van der Waals surface area contributed by atoms with E-state index < -0.39 is 12.5 Å². The summed E-state index contributed by atoms with van der Waals surface area (Å²) >= 11 is 0. The van der Waals surface area contributed by atoms with Crippen LogP contribution in [0, 0.1) is 0 Å². The fourth-order valence-corrected chi connectivity index (χ4v) is 3.75. The van der Waals surface area contributed by atoms with Crippen molar-refractivity contribution >= 4 is 5.69 Å². The molecule has 3 unspecified atom stereocenters. The van der Waals surface area contributed by atoms with Gasteiger partial charge in [-0.25, -0.2) is 0 Å². The van der Waals surface area contributed by atoms with Gasteiger partial charge in [0.15, 0.2) is 6.23 Å². The number of hydrogen-bond acceptors (Lipinski definition) is 6. The van der Waals surface area contributed by atoms with Crippen LogP contribution in [0.25, 0.3) is 0 Å². The Kier molecular flexibility index (Phi) is 7.62. The van der Waals surface area contributed by atoms with Gasteiger partial charge in [0.05, 0.1) is 20.3 Å². The normalized spacial score (nSPS) is 18.7. The molecule has 3 aromatic carbocycles. The number of para-hydroxylation sites is 1. The summed E-state index contributed by atoms with van der Waals surface area (Å²) in [6.45, 7) is 0.373. The molecule has 0 radical (unpaired) electrons. The minimum atomic E-state index is -1.01. The average Bonchev–Trinajstić information content (AvgIpc) is 2.88. The monoisotopic (exact) mass is 447 g/mol. The Morgan fingerprint density at radius 2 is 1.67 bits per heavy atom. The molecule has 0 fully saturated rings. The van der Waals surface area contributed by atoms with Crippen LogP contribution in [0.15, 0.2) is 90.7 Å². The number of anilines is 1. The quantitative estimate of drug-likeness (QED) is 0.418. The van der Waals surface area contributed by atoms with E-state index in [0.29, 0.717) is 18.8 Å². The third-order valence-corrected chi connectivity index (χ3v) is 5.61. The summed E-state index contributed by atoms with van der Waals surface area (Å²) in [6.07, 6.45) is 1.02. The van der Waals surface area contributed by atoms with Crippen molar-refractivity contribution in [3.63, 3.8) is 0 Å². The lowest BCUT2D eigenvalue weighted by Gasteiger charge is -2.32. The molecule has 1 heterocycles. The molecule has 0 bridgehead atoms. The number of methoxy groups -OCH3 is 1. The minimum Gasteiger partial charge on any atom is -0.497 e. The molecule has 4 rings (SSSR count). The van der Waals surface area contributed by atoms with Crippen LogP contribution in [0.5, 0.6) is 5.75 Å². The van der Waals surface area contributed by atoms with Crippen molar-refractivity contribution in [1.29, 1.82) is 0 Å². The Bertz CT molecular complexity index is 1030.